The Balaban J connectivity index is 1.50. The smallest absolute Gasteiger partial charge is 0.225 e. The molecule has 1 aromatic heterocycles. The monoisotopic (exact) mass is 322 g/mol. The number of aryl methyl sites for hydroxylation is 1. The molecule has 2 aromatic rings. The first-order valence-electron chi connectivity index (χ1n) is 8.65. The van der Waals surface area contributed by atoms with E-state index in [-0.39, 0.29) is 0 Å². The van der Waals surface area contributed by atoms with Gasteiger partial charge in [0.1, 0.15) is 11.6 Å². The standard InChI is InChI=1S/C19H22N4O/c1-14-20-17(15-5-3-2-4-6-15)13-18(21-14)22-9-11-23(12-10-22)19(24)16-7-8-16/h2-6,13,16H,7-12H2,1H3. The lowest BCUT2D eigenvalue weighted by Gasteiger charge is -2.35. The highest BCUT2D eigenvalue weighted by Gasteiger charge is 2.34. The van der Waals surface area contributed by atoms with Gasteiger partial charge in [-0.05, 0) is 19.8 Å². The molecule has 1 saturated heterocycles. The molecule has 1 aliphatic carbocycles. The van der Waals surface area contributed by atoms with Crippen molar-refractivity contribution < 1.29 is 4.79 Å². The van der Waals surface area contributed by atoms with Gasteiger partial charge >= 0.3 is 0 Å². The van der Waals surface area contributed by atoms with E-state index < -0.39 is 0 Å². The Bertz CT molecular complexity index is 734. The summed E-state index contributed by atoms with van der Waals surface area (Å²) in [4.78, 5) is 25.6. The van der Waals surface area contributed by atoms with Gasteiger partial charge in [-0.3, -0.25) is 4.79 Å². The molecule has 2 fully saturated rings. The lowest BCUT2D eigenvalue weighted by atomic mass is 10.1. The molecule has 0 unspecified atom stereocenters. The normalized spacial score (nSPS) is 17.9. The Hall–Kier alpha value is -2.43. The van der Waals surface area contributed by atoms with Crippen LogP contribution in [0.25, 0.3) is 11.3 Å². The van der Waals surface area contributed by atoms with E-state index in [9.17, 15) is 4.79 Å². The molecule has 0 spiro atoms. The van der Waals surface area contributed by atoms with Crippen LogP contribution in [0.4, 0.5) is 5.82 Å². The second kappa shape index (κ2) is 6.23. The number of nitrogens with zero attached hydrogens (tertiary/aromatic N) is 4. The average Bonchev–Trinajstić information content (AvgIpc) is 3.47. The van der Waals surface area contributed by atoms with Crippen LogP contribution in [-0.2, 0) is 4.79 Å². The third-order valence-electron chi connectivity index (χ3n) is 4.74. The highest BCUT2D eigenvalue weighted by Crippen LogP contribution is 2.31. The van der Waals surface area contributed by atoms with Crippen molar-refractivity contribution in [3.05, 3.63) is 42.2 Å². The minimum atomic E-state index is 0.308. The van der Waals surface area contributed by atoms with E-state index in [2.05, 4.69) is 33.1 Å². The molecule has 2 heterocycles. The number of aromatic nitrogens is 2. The number of carbonyl (C=O) groups is 1. The fourth-order valence-electron chi connectivity index (χ4n) is 3.22. The predicted octanol–water partition coefficient (Wildman–Crippen LogP) is 2.51. The summed E-state index contributed by atoms with van der Waals surface area (Å²) in [5.74, 6) is 2.39. The van der Waals surface area contributed by atoms with Crippen LogP contribution in [0.5, 0.6) is 0 Å². The minimum absolute atomic E-state index is 0.308. The largest absolute Gasteiger partial charge is 0.353 e. The van der Waals surface area contributed by atoms with Crippen molar-refractivity contribution in [2.24, 2.45) is 5.92 Å². The molecule has 0 atom stereocenters. The van der Waals surface area contributed by atoms with Crippen molar-refractivity contribution in [2.45, 2.75) is 19.8 Å². The van der Waals surface area contributed by atoms with Crippen LogP contribution in [0.1, 0.15) is 18.7 Å². The number of amides is 1. The summed E-state index contributed by atoms with van der Waals surface area (Å²) in [5.41, 5.74) is 2.06. The lowest BCUT2D eigenvalue weighted by Crippen LogP contribution is -2.49. The Labute approximate surface area is 142 Å². The van der Waals surface area contributed by atoms with Crippen LogP contribution >= 0.6 is 0 Å². The molecule has 4 rings (SSSR count). The van der Waals surface area contributed by atoms with E-state index in [1.807, 2.05) is 30.0 Å². The average molecular weight is 322 g/mol. The van der Waals surface area contributed by atoms with Crippen LogP contribution in [0.15, 0.2) is 36.4 Å². The SMILES string of the molecule is Cc1nc(-c2ccccc2)cc(N2CCN(C(=O)C3CC3)CC2)n1. The Morgan fingerprint density at radius 3 is 2.42 bits per heavy atom. The molecule has 1 aromatic carbocycles. The van der Waals surface area contributed by atoms with Gasteiger partial charge in [-0.25, -0.2) is 9.97 Å². The van der Waals surface area contributed by atoms with E-state index in [0.717, 1.165) is 61.9 Å². The molecular weight excluding hydrogens is 300 g/mol. The summed E-state index contributed by atoms with van der Waals surface area (Å²) in [7, 11) is 0. The van der Waals surface area contributed by atoms with Crippen molar-refractivity contribution in [2.75, 3.05) is 31.1 Å². The first-order valence-corrected chi connectivity index (χ1v) is 8.65. The number of rotatable bonds is 3. The number of piperazine rings is 1. The molecule has 1 aliphatic heterocycles. The van der Waals surface area contributed by atoms with Crippen LogP contribution < -0.4 is 4.90 Å². The lowest BCUT2D eigenvalue weighted by molar-refractivity contribution is -0.132. The maximum absolute atomic E-state index is 12.2. The number of anilines is 1. The van der Waals surface area contributed by atoms with E-state index in [4.69, 9.17) is 0 Å². The molecule has 0 radical (unpaired) electrons. The molecule has 5 nitrogen and oxygen atoms in total. The zero-order valence-corrected chi connectivity index (χ0v) is 14.0. The van der Waals surface area contributed by atoms with Gasteiger partial charge in [-0.2, -0.15) is 0 Å². The van der Waals surface area contributed by atoms with Gasteiger partial charge in [0.25, 0.3) is 0 Å². The topological polar surface area (TPSA) is 49.3 Å². The minimum Gasteiger partial charge on any atom is -0.353 e. The Morgan fingerprint density at radius 2 is 1.75 bits per heavy atom. The zero-order chi connectivity index (χ0) is 16.5. The van der Waals surface area contributed by atoms with Crippen molar-refractivity contribution in [3.63, 3.8) is 0 Å². The van der Waals surface area contributed by atoms with Gasteiger partial charge in [0.2, 0.25) is 5.91 Å². The van der Waals surface area contributed by atoms with Crippen molar-refractivity contribution in [3.8, 4) is 11.3 Å². The maximum Gasteiger partial charge on any atom is 0.225 e. The Morgan fingerprint density at radius 1 is 1.04 bits per heavy atom. The van der Waals surface area contributed by atoms with Gasteiger partial charge in [0, 0.05) is 43.7 Å². The Kier molecular flexibility index (Phi) is 3.92. The molecule has 1 saturated carbocycles. The summed E-state index contributed by atoms with van der Waals surface area (Å²) >= 11 is 0. The molecular formula is C19H22N4O. The summed E-state index contributed by atoms with van der Waals surface area (Å²) in [6.07, 6.45) is 2.15. The van der Waals surface area contributed by atoms with E-state index >= 15 is 0 Å². The zero-order valence-electron chi connectivity index (χ0n) is 14.0. The highest BCUT2D eigenvalue weighted by molar-refractivity contribution is 5.81. The van der Waals surface area contributed by atoms with Gasteiger partial charge < -0.3 is 9.80 Å². The molecule has 2 aliphatic rings. The predicted molar refractivity (Wildman–Crippen MR) is 93.7 cm³/mol. The quantitative estimate of drug-likeness (QED) is 0.871. The second-order valence-corrected chi connectivity index (χ2v) is 6.61. The van der Waals surface area contributed by atoms with Gasteiger partial charge in [0.05, 0.1) is 5.69 Å². The molecule has 0 N–H and O–H groups in total. The first-order chi connectivity index (χ1) is 11.7. The summed E-state index contributed by atoms with van der Waals surface area (Å²) in [6.45, 7) is 5.19. The molecule has 5 heteroatoms. The second-order valence-electron chi connectivity index (χ2n) is 6.61. The highest BCUT2D eigenvalue weighted by atomic mass is 16.2. The van der Waals surface area contributed by atoms with Crippen LogP contribution in [0, 0.1) is 12.8 Å². The van der Waals surface area contributed by atoms with Crippen LogP contribution in [-0.4, -0.2) is 47.0 Å². The van der Waals surface area contributed by atoms with E-state index in [0.29, 0.717) is 11.8 Å². The third kappa shape index (κ3) is 3.11. The molecule has 0 bridgehead atoms. The number of carbonyl (C=O) groups excluding carboxylic acids is 1. The van der Waals surface area contributed by atoms with Gasteiger partial charge in [0.15, 0.2) is 0 Å². The van der Waals surface area contributed by atoms with Crippen molar-refractivity contribution in [1.29, 1.82) is 0 Å². The van der Waals surface area contributed by atoms with Gasteiger partial charge in [-0.15, -0.1) is 0 Å². The fraction of sp³-hybridized carbons (Fsp3) is 0.421. The van der Waals surface area contributed by atoms with Gasteiger partial charge in [-0.1, -0.05) is 30.3 Å². The summed E-state index contributed by atoms with van der Waals surface area (Å²) in [6, 6.07) is 12.2. The number of benzene rings is 1. The fourth-order valence-corrected chi connectivity index (χ4v) is 3.22. The summed E-state index contributed by atoms with van der Waals surface area (Å²) < 4.78 is 0. The molecule has 1 amide bonds. The van der Waals surface area contributed by atoms with Crippen molar-refractivity contribution in [1.82, 2.24) is 14.9 Å². The molecule has 24 heavy (non-hydrogen) atoms. The number of hydrogen-bond donors (Lipinski definition) is 0. The first kappa shape index (κ1) is 15.1. The maximum atomic E-state index is 12.2. The van der Waals surface area contributed by atoms with Crippen LogP contribution in [0.2, 0.25) is 0 Å². The third-order valence-corrected chi connectivity index (χ3v) is 4.74. The summed E-state index contributed by atoms with van der Waals surface area (Å²) in [5, 5.41) is 0. The molecule has 124 valence electrons. The van der Waals surface area contributed by atoms with Crippen LogP contribution in [0.3, 0.4) is 0 Å². The number of hydrogen-bond acceptors (Lipinski definition) is 4. The van der Waals surface area contributed by atoms with E-state index in [1.165, 1.54) is 0 Å². The van der Waals surface area contributed by atoms with E-state index in [1.54, 1.807) is 0 Å². The van der Waals surface area contributed by atoms with Crippen molar-refractivity contribution >= 4 is 11.7 Å².